The fraction of sp³-hybridized carbons (Fsp3) is 0.700. The molecule has 0 amide bonds. The summed E-state index contributed by atoms with van der Waals surface area (Å²) in [6, 6.07) is 0. The van der Waals surface area contributed by atoms with Gasteiger partial charge in [0.1, 0.15) is 0 Å². The van der Waals surface area contributed by atoms with Gasteiger partial charge in [-0.15, -0.1) is 11.6 Å². The van der Waals surface area contributed by atoms with Gasteiger partial charge in [-0.2, -0.15) is 9.40 Å². The van der Waals surface area contributed by atoms with Crippen LogP contribution in [0.15, 0.2) is 5.03 Å². The molecule has 0 saturated carbocycles. The molecule has 1 rings (SSSR count). The Kier molecular flexibility index (Phi) is 5.58. The van der Waals surface area contributed by atoms with Crippen molar-refractivity contribution in [1.29, 1.82) is 0 Å². The summed E-state index contributed by atoms with van der Waals surface area (Å²) in [6.07, 6.45) is 0. The third-order valence-electron chi connectivity index (χ3n) is 2.58. The smallest absolute Gasteiger partial charge is 0.262 e. The van der Waals surface area contributed by atoms with Gasteiger partial charge in [0.15, 0.2) is 5.03 Å². The molecule has 0 bridgehead atoms. The van der Waals surface area contributed by atoms with E-state index in [4.69, 9.17) is 16.3 Å². The molecule has 1 heterocycles. The minimum Gasteiger partial charge on any atom is -0.380 e. The average molecular weight is 296 g/mol. The number of alkyl halides is 1. The predicted molar refractivity (Wildman–Crippen MR) is 69.2 cm³/mol. The summed E-state index contributed by atoms with van der Waals surface area (Å²) in [5.74, 6) is 0.107. The number of nitrogens with zero attached hydrogens (tertiary/aromatic N) is 2. The van der Waals surface area contributed by atoms with Gasteiger partial charge in [-0.1, -0.05) is 0 Å². The SMILES string of the molecule is CCOCCN(C)S(=O)(=O)c1n[nH]c(C)c1CCl. The minimum absolute atomic E-state index is 0.00556. The molecule has 1 N–H and O–H groups in total. The maximum absolute atomic E-state index is 12.2. The van der Waals surface area contributed by atoms with Gasteiger partial charge in [0.25, 0.3) is 10.0 Å². The topological polar surface area (TPSA) is 75.3 Å². The first-order valence-electron chi connectivity index (χ1n) is 5.59. The Bertz CT molecular complexity index is 487. The number of aromatic nitrogens is 2. The summed E-state index contributed by atoms with van der Waals surface area (Å²) in [6.45, 7) is 4.79. The van der Waals surface area contributed by atoms with Crippen molar-refractivity contribution >= 4 is 21.6 Å². The summed E-state index contributed by atoms with van der Waals surface area (Å²) in [5, 5.41) is 6.47. The van der Waals surface area contributed by atoms with Crippen LogP contribution in [0.3, 0.4) is 0 Å². The highest BCUT2D eigenvalue weighted by Gasteiger charge is 2.27. The third-order valence-corrected chi connectivity index (χ3v) is 4.68. The molecule has 6 nitrogen and oxygen atoms in total. The van der Waals surface area contributed by atoms with E-state index in [1.54, 1.807) is 6.92 Å². The zero-order valence-corrected chi connectivity index (χ0v) is 12.3. The Morgan fingerprint density at radius 3 is 2.72 bits per heavy atom. The first-order valence-corrected chi connectivity index (χ1v) is 7.56. The van der Waals surface area contributed by atoms with Crippen LogP contribution >= 0.6 is 11.6 Å². The van der Waals surface area contributed by atoms with Crippen LogP contribution in [-0.4, -0.2) is 49.7 Å². The zero-order chi connectivity index (χ0) is 13.8. The molecule has 0 aliphatic carbocycles. The van der Waals surface area contributed by atoms with E-state index in [2.05, 4.69) is 10.2 Å². The molecule has 104 valence electrons. The van der Waals surface area contributed by atoms with Crippen LogP contribution in [-0.2, 0) is 20.6 Å². The Balaban J connectivity index is 2.91. The van der Waals surface area contributed by atoms with E-state index < -0.39 is 10.0 Å². The van der Waals surface area contributed by atoms with E-state index in [-0.39, 0.29) is 17.5 Å². The highest BCUT2D eigenvalue weighted by molar-refractivity contribution is 7.89. The van der Waals surface area contributed by atoms with Crippen molar-refractivity contribution in [2.45, 2.75) is 24.8 Å². The average Bonchev–Trinajstić information content (AvgIpc) is 2.71. The number of likely N-dealkylation sites (N-methyl/N-ethyl adjacent to an activating group) is 1. The first-order chi connectivity index (χ1) is 8.45. The molecule has 0 spiro atoms. The fourth-order valence-electron chi connectivity index (χ4n) is 1.41. The van der Waals surface area contributed by atoms with Crippen molar-refractivity contribution in [3.05, 3.63) is 11.3 Å². The van der Waals surface area contributed by atoms with Crippen LogP contribution in [0.4, 0.5) is 0 Å². The molecule has 0 aromatic carbocycles. The second-order valence-electron chi connectivity index (χ2n) is 3.79. The van der Waals surface area contributed by atoms with Crippen LogP contribution in [0.2, 0.25) is 0 Å². The van der Waals surface area contributed by atoms with Gasteiger partial charge < -0.3 is 4.74 Å². The van der Waals surface area contributed by atoms with E-state index in [1.165, 1.54) is 11.4 Å². The predicted octanol–water partition coefficient (Wildman–Crippen LogP) is 1.11. The number of hydrogen-bond acceptors (Lipinski definition) is 4. The molecule has 0 fully saturated rings. The molecular formula is C10H18ClN3O3S. The number of hydrogen-bond donors (Lipinski definition) is 1. The lowest BCUT2D eigenvalue weighted by molar-refractivity contribution is 0.138. The highest BCUT2D eigenvalue weighted by atomic mass is 35.5. The molecule has 18 heavy (non-hydrogen) atoms. The van der Waals surface area contributed by atoms with Crippen molar-refractivity contribution in [1.82, 2.24) is 14.5 Å². The molecule has 1 aromatic heterocycles. The lowest BCUT2D eigenvalue weighted by atomic mass is 10.3. The number of nitrogens with one attached hydrogen (secondary N) is 1. The van der Waals surface area contributed by atoms with Crippen molar-refractivity contribution < 1.29 is 13.2 Å². The first kappa shape index (κ1) is 15.4. The van der Waals surface area contributed by atoms with Crippen molar-refractivity contribution in [2.24, 2.45) is 0 Å². The number of ether oxygens (including phenoxy) is 1. The standard InChI is InChI=1S/C10H18ClN3O3S/c1-4-17-6-5-14(3)18(15,16)10-9(7-11)8(2)12-13-10/h4-7H2,1-3H3,(H,12,13). The minimum atomic E-state index is -3.61. The maximum atomic E-state index is 12.2. The molecule has 1 aromatic rings. The van der Waals surface area contributed by atoms with Gasteiger partial charge in [0.2, 0.25) is 0 Å². The van der Waals surface area contributed by atoms with Crippen molar-refractivity contribution in [2.75, 3.05) is 26.8 Å². The summed E-state index contributed by atoms with van der Waals surface area (Å²) >= 11 is 5.75. The molecular weight excluding hydrogens is 278 g/mol. The van der Waals surface area contributed by atoms with Crippen LogP contribution in [0.1, 0.15) is 18.2 Å². The summed E-state index contributed by atoms with van der Waals surface area (Å²) in [4.78, 5) is 0. The van der Waals surface area contributed by atoms with E-state index in [9.17, 15) is 8.42 Å². The molecule has 8 heteroatoms. The number of H-pyrrole nitrogens is 1. The zero-order valence-electron chi connectivity index (χ0n) is 10.7. The Morgan fingerprint density at radius 2 is 2.17 bits per heavy atom. The van der Waals surface area contributed by atoms with Crippen LogP contribution in [0.25, 0.3) is 0 Å². The lowest BCUT2D eigenvalue weighted by Gasteiger charge is -2.16. The fourth-order valence-corrected chi connectivity index (χ4v) is 3.12. The van der Waals surface area contributed by atoms with Gasteiger partial charge in [-0.05, 0) is 13.8 Å². The van der Waals surface area contributed by atoms with Crippen molar-refractivity contribution in [3.8, 4) is 0 Å². The normalized spacial score (nSPS) is 12.3. The van der Waals surface area contributed by atoms with Gasteiger partial charge in [-0.25, -0.2) is 8.42 Å². The van der Waals surface area contributed by atoms with Gasteiger partial charge >= 0.3 is 0 Å². The molecule has 0 saturated heterocycles. The molecule has 0 unspecified atom stereocenters. The molecule has 0 aliphatic heterocycles. The van der Waals surface area contributed by atoms with Crippen LogP contribution < -0.4 is 0 Å². The largest absolute Gasteiger partial charge is 0.380 e. The van der Waals surface area contributed by atoms with Gasteiger partial charge in [0.05, 0.1) is 12.5 Å². The quantitative estimate of drug-likeness (QED) is 0.604. The van der Waals surface area contributed by atoms with E-state index in [1.807, 2.05) is 6.92 Å². The van der Waals surface area contributed by atoms with Crippen LogP contribution in [0.5, 0.6) is 0 Å². The molecule has 0 aliphatic rings. The molecule has 0 radical (unpaired) electrons. The maximum Gasteiger partial charge on any atom is 0.262 e. The summed E-state index contributed by atoms with van der Waals surface area (Å²) < 4.78 is 30.9. The Labute approximate surface area is 112 Å². The van der Waals surface area contributed by atoms with E-state index in [0.717, 1.165) is 0 Å². The second-order valence-corrected chi connectivity index (χ2v) is 6.02. The number of rotatable bonds is 7. The summed E-state index contributed by atoms with van der Waals surface area (Å²) in [5.41, 5.74) is 1.18. The number of aryl methyl sites for hydroxylation is 1. The van der Waals surface area contributed by atoms with Gasteiger partial charge in [0, 0.05) is 31.5 Å². The van der Waals surface area contributed by atoms with E-state index >= 15 is 0 Å². The lowest BCUT2D eigenvalue weighted by Crippen LogP contribution is -2.31. The van der Waals surface area contributed by atoms with Crippen molar-refractivity contribution in [3.63, 3.8) is 0 Å². The molecule has 0 atom stereocenters. The third kappa shape index (κ3) is 3.23. The Hall–Kier alpha value is -0.630. The Morgan fingerprint density at radius 1 is 1.50 bits per heavy atom. The second kappa shape index (κ2) is 6.51. The number of sulfonamides is 1. The van der Waals surface area contributed by atoms with Gasteiger partial charge in [-0.3, -0.25) is 5.10 Å². The summed E-state index contributed by atoms with van der Waals surface area (Å²) in [7, 11) is -2.12. The monoisotopic (exact) mass is 295 g/mol. The van der Waals surface area contributed by atoms with E-state index in [0.29, 0.717) is 24.5 Å². The number of halogens is 1. The number of aromatic amines is 1. The van der Waals surface area contributed by atoms with Crippen LogP contribution in [0, 0.1) is 6.92 Å². The highest BCUT2D eigenvalue weighted by Crippen LogP contribution is 2.20.